The SMILES string of the molecule is CCCCCCCCCCCCNC(=O)CCN(CCCC)CCCC. The fourth-order valence-corrected chi connectivity index (χ4v) is 3.29. The van der Waals surface area contributed by atoms with Crippen molar-refractivity contribution in [1.82, 2.24) is 10.2 Å². The molecule has 0 spiro atoms. The molecule has 0 aromatic rings. The summed E-state index contributed by atoms with van der Waals surface area (Å²) in [6.07, 6.45) is 19.0. The first-order valence-electron chi connectivity index (χ1n) is 11.7. The Balaban J connectivity index is 3.49. The Morgan fingerprint density at radius 2 is 1.08 bits per heavy atom. The van der Waals surface area contributed by atoms with E-state index in [9.17, 15) is 4.79 Å². The van der Waals surface area contributed by atoms with Gasteiger partial charge in [-0.05, 0) is 32.4 Å². The molecule has 0 atom stereocenters. The number of unbranched alkanes of at least 4 members (excludes halogenated alkanes) is 11. The van der Waals surface area contributed by atoms with Crippen molar-refractivity contribution in [3.05, 3.63) is 0 Å². The van der Waals surface area contributed by atoms with Crippen molar-refractivity contribution in [1.29, 1.82) is 0 Å². The summed E-state index contributed by atoms with van der Waals surface area (Å²) in [5.74, 6) is 0.235. The first kappa shape index (κ1) is 25.4. The Labute approximate surface area is 164 Å². The lowest BCUT2D eigenvalue weighted by Gasteiger charge is -2.21. The van der Waals surface area contributed by atoms with Crippen molar-refractivity contribution < 1.29 is 4.79 Å². The topological polar surface area (TPSA) is 32.3 Å². The molecule has 0 saturated carbocycles. The van der Waals surface area contributed by atoms with Crippen LogP contribution >= 0.6 is 0 Å². The predicted octanol–water partition coefficient (Wildman–Crippen LogP) is 6.32. The van der Waals surface area contributed by atoms with E-state index >= 15 is 0 Å². The smallest absolute Gasteiger partial charge is 0.221 e. The Kier molecular flexibility index (Phi) is 20.3. The summed E-state index contributed by atoms with van der Waals surface area (Å²) in [5.41, 5.74) is 0. The van der Waals surface area contributed by atoms with E-state index in [0.29, 0.717) is 6.42 Å². The van der Waals surface area contributed by atoms with Crippen LogP contribution < -0.4 is 5.32 Å². The van der Waals surface area contributed by atoms with E-state index in [1.807, 2.05) is 0 Å². The monoisotopic (exact) mass is 368 g/mol. The highest BCUT2D eigenvalue weighted by atomic mass is 16.1. The van der Waals surface area contributed by atoms with Gasteiger partial charge in [-0.15, -0.1) is 0 Å². The van der Waals surface area contributed by atoms with Gasteiger partial charge in [0.25, 0.3) is 0 Å². The first-order valence-corrected chi connectivity index (χ1v) is 11.7. The molecule has 3 nitrogen and oxygen atoms in total. The molecule has 1 amide bonds. The number of carbonyl (C=O) groups is 1. The van der Waals surface area contributed by atoms with Gasteiger partial charge in [0.15, 0.2) is 0 Å². The van der Waals surface area contributed by atoms with Gasteiger partial charge < -0.3 is 10.2 Å². The van der Waals surface area contributed by atoms with E-state index in [1.165, 1.54) is 83.5 Å². The highest BCUT2D eigenvalue weighted by Gasteiger charge is 2.07. The van der Waals surface area contributed by atoms with Crippen LogP contribution in [0.25, 0.3) is 0 Å². The van der Waals surface area contributed by atoms with Crippen molar-refractivity contribution in [2.75, 3.05) is 26.2 Å². The molecule has 0 fully saturated rings. The molecular weight excluding hydrogens is 320 g/mol. The van der Waals surface area contributed by atoms with Crippen LogP contribution in [0.2, 0.25) is 0 Å². The Hall–Kier alpha value is -0.570. The summed E-state index contributed by atoms with van der Waals surface area (Å²) in [5, 5.41) is 3.11. The van der Waals surface area contributed by atoms with Crippen LogP contribution in [-0.2, 0) is 4.79 Å². The molecule has 1 N–H and O–H groups in total. The van der Waals surface area contributed by atoms with Crippen LogP contribution in [-0.4, -0.2) is 37.0 Å². The van der Waals surface area contributed by atoms with E-state index in [0.717, 1.165) is 32.6 Å². The van der Waals surface area contributed by atoms with Crippen molar-refractivity contribution in [3.8, 4) is 0 Å². The Morgan fingerprint density at radius 3 is 1.58 bits per heavy atom. The Bertz CT molecular complexity index is 286. The minimum absolute atomic E-state index is 0.235. The summed E-state index contributed by atoms with van der Waals surface area (Å²) in [7, 11) is 0. The third-order valence-electron chi connectivity index (χ3n) is 5.16. The van der Waals surface area contributed by atoms with Crippen molar-refractivity contribution in [2.24, 2.45) is 0 Å². The van der Waals surface area contributed by atoms with Gasteiger partial charge in [0.05, 0.1) is 0 Å². The number of rotatable bonds is 20. The predicted molar refractivity (Wildman–Crippen MR) is 116 cm³/mol. The third-order valence-corrected chi connectivity index (χ3v) is 5.16. The number of carbonyl (C=O) groups excluding carboxylic acids is 1. The normalized spacial score (nSPS) is 11.2. The third kappa shape index (κ3) is 18.2. The zero-order valence-electron chi connectivity index (χ0n) is 18.3. The van der Waals surface area contributed by atoms with Gasteiger partial charge in [-0.1, -0.05) is 91.4 Å². The largest absolute Gasteiger partial charge is 0.356 e. The minimum Gasteiger partial charge on any atom is -0.356 e. The molecule has 0 aromatic heterocycles. The molecule has 0 radical (unpaired) electrons. The van der Waals surface area contributed by atoms with Crippen LogP contribution in [0.4, 0.5) is 0 Å². The lowest BCUT2D eigenvalue weighted by Crippen LogP contribution is -2.32. The summed E-state index contributed by atoms with van der Waals surface area (Å²) in [4.78, 5) is 14.5. The molecule has 3 heteroatoms. The molecule has 26 heavy (non-hydrogen) atoms. The molecule has 0 saturated heterocycles. The van der Waals surface area contributed by atoms with Gasteiger partial charge in [-0.3, -0.25) is 4.79 Å². The minimum atomic E-state index is 0.235. The zero-order valence-corrected chi connectivity index (χ0v) is 18.3. The quantitative estimate of drug-likeness (QED) is 0.255. The second kappa shape index (κ2) is 20.7. The summed E-state index contributed by atoms with van der Waals surface area (Å²) >= 11 is 0. The fourth-order valence-electron chi connectivity index (χ4n) is 3.29. The van der Waals surface area contributed by atoms with Gasteiger partial charge in [0.2, 0.25) is 5.91 Å². The van der Waals surface area contributed by atoms with Gasteiger partial charge in [-0.2, -0.15) is 0 Å². The van der Waals surface area contributed by atoms with Crippen LogP contribution in [0.15, 0.2) is 0 Å². The van der Waals surface area contributed by atoms with Crippen LogP contribution in [0.5, 0.6) is 0 Å². The standard InChI is InChI=1S/C23H48N2O/c1-4-7-10-11-12-13-14-15-16-17-19-24-23(26)18-22-25(20-8-5-2)21-9-6-3/h4-22H2,1-3H3,(H,24,26). The molecular formula is C23H48N2O. The fraction of sp³-hybridized carbons (Fsp3) is 0.957. The maximum atomic E-state index is 12.0. The second-order valence-electron chi connectivity index (χ2n) is 7.83. The van der Waals surface area contributed by atoms with Crippen molar-refractivity contribution in [2.45, 2.75) is 117 Å². The van der Waals surface area contributed by atoms with Gasteiger partial charge in [0.1, 0.15) is 0 Å². The maximum Gasteiger partial charge on any atom is 0.221 e. The maximum absolute atomic E-state index is 12.0. The number of nitrogens with one attached hydrogen (secondary N) is 1. The number of hydrogen-bond acceptors (Lipinski definition) is 2. The van der Waals surface area contributed by atoms with Gasteiger partial charge in [0, 0.05) is 19.5 Å². The summed E-state index contributed by atoms with van der Waals surface area (Å²) < 4.78 is 0. The average molecular weight is 369 g/mol. The average Bonchev–Trinajstić information content (AvgIpc) is 2.65. The van der Waals surface area contributed by atoms with Crippen molar-refractivity contribution >= 4 is 5.91 Å². The lowest BCUT2D eigenvalue weighted by atomic mass is 10.1. The van der Waals surface area contributed by atoms with Gasteiger partial charge in [-0.25, -0.2) is 0 Å². The number of amides is 1. The Morgan fingerprint density at radius 1 is 0.615 bits per heavy atom. The molecule has 0 aliphatic heterocycles. The lowest BCUT2D eigenvalue weighted by molar-refractivity contribution is -0.121. The molecule has 156 valence electrons. The van der Waals surface area contributed by atoms with Crippen LogP contribution in [0.3, 0.4) is 0 Å². The number of nitrogens with zero attached hydrogens (tertiary/aromatic N) is 1. The molecule has 0 rings (SSSR count). The first-order chi connectivity index (χ1) is 12.7. The molecule has 0 aromatic carbocycles. The van der Waals surface area contributed by atoms with Crippen LogP contribution in [0, 0.1) is 0 Å². The number of hydrogen-bond donors (Lipinski definition) is 1. The summed E-state index contributed by atoms with van der Waals surface area (Å²) in [6.45, 7) is 10.8. The van der Waals surface area contributed by atoms with E-state index in [-0.39, 0.29) is 5.91 Å². The zero-order chi connectivity index (χ0) is 19.3. The highest BCUT2D eigenvalue weighted by molar-refractivity contribution is 5.75. The van der Waals surface area contributed by atoms with E-state index in [2.05, 4.69) is 31.0 Å². The molecule has 0 unspecified atom stereocenters. The van der Waals surface area contributed by atoms with Gasteiger partial charge >= 0.3 is 0 Å². The van der Waals surface area contributed by atoms with E-state index < -0.39 is 0 Å². The highest BCUT2D eigenvalue weighted by Crippen LogP contribution is 2.10. The molecule has 0 heterocycles. The second-order valence-corrected chi connectivity index (χ2v) is 7.83. The molecule has 0 aliphatic rings. The van der Waals surface area contributed by atoms with E-state index in [4.69, 9.17) is 0 Å². The van der Waals surface area contributed by atoms with E-state index in [1.54, 1.807) is 0 Å². The van der Waals surface area contributed by atoms with Crippen molar-refractivity contribution in [3.63, 3.8) is 0 Å². The molecule has 0 aliphatic carbocycles. The summed E-state index contributed by atoms with van der Waals surface area (Å²) in [6, 6.07) is 0. The molecule has 0 bridgehead atoms. The van der Waals surface area contributed by atoms with Crippen LogP contribution in [0.1, 0.15) is 117 Å².